The molecule has 0 aliphatic carbocycles. The average molecular weight is 2020 g/mol. The van der Waals surface area contributed by atoms with E-state index >= 15 is 0 Å². The molecule has 0 bridgehead atoms. The second-order valence-electron chi connectivity index (χ2n) is 34.2. The van der Waals surface area contributed by atoms with Crippen LogP contribution in [0.4, 0.5) is 11.4 Å². The lowest BCUT2D eigenvalue weighted by molar-refractivity contribution is -0.894. The highest BCUT2D eigenvalue weighted by Gasteiger charge is 2.46. The molecule has 0 radical (unpaired) electrons. The van der Waals surface area contributed by atoms with E-state index in [-0.39, 0.29) is 40.0 Å². The van der Waals surface area contributed by atoms with Crippen molar-refractivity contribution in [2.24, 2.45) is 0 Å². The third kappa shape index (κ3) is 61.5. The molecular formula is C102H177N6O31S+. The number of anilines is 1. The normalized spacial score (nSPS) is 14.5. The van der Waals surface area contributed by atoms with Crippen LogP contribution < -0.4 is 20.4 Å². The van der Waals surface area contributed by atoms with Crippen LogP contribution >= 0.6 is 0 Å². The van der Waals surface area contributed by atoms with Gasteiger partial charge in [-0.1, -0.05) is 50.1 Å². The van der Waals surface area contributed by atoms with Crippen LogP contribution in [0.1, 0.15) is 142 Å². The van der Waals surface area contributed by atoms with Crippen molar-refractivity contribution >= 4 is 50.8 Å². The highest BCUT2D eigenvalue weighted by molar-refractivity contribution is 7.85. The molecule has 38 heteroatoms. The van der Waals surface area contributed by atoms with Crippen molar-refractivity contribution in [3.8, 4) is 0 Å². The minimum absolute atomic E-state index is 0.0314. The lowest BCUT2D eigenvalue weighted by atomic mass is 9.79. The van der Waals surface area contributed by atoms with E-state index in [0.717, 1.165) is 62.7 Å². The standard InChI is InChI=1S/C96H161N5O31S.C6H15N/c1-83-23-25-87-85(81-83)95(2,3)89(99(87)31-16-8-13-21-91(102)97-29-15-10-18-33-101-93(104)27-28-94(101)105)19-11-7-12-20-90-96(4,5)86-82-84(133(106,107)108)24-26-88(86)100(90)32-17-9-14-22-92(103)98-30-34-110-37-38-112-41-42-114-45-46-116-49-50-118-53-54-120-57-58-122-61-62-124-65-66-126-69-70-128-73-74-130-77-78-132-80-79-131-76-75-129-72-71-127-68-67-125-64-63-123-60-59-121-56-55-119-52-51-117-48-47-115-44-43-113-40-39-111-36-35-109-6;1-4-7(5-2)6-3/h7,11-12,19,23-28,81-82,90H,8-10,13-18,20-22,29-80H2,1-6H3,(H2-,97,98,102,103,106,107,108);4-6H2,1-3H3/p+1. The van der Waals surface area contributed by atoms with Crippen LogP contribution in [0, 0.1) is 6.92 Å². The summed E-state index contributed by atoms with van der Waals surface area (Å²) in [5.74, 6) is -0.546. The van der Waals surface area contributed by atoms with Gasteiger partial charge in [0.15, 0.2) is 5.71 Å². The first-order chi connectivity index (χ1) is 68.3. The molecular weight excluding hydrogens is 1840 g/mol. The van der Waals surface area contributed by atoms with Gasteiger partial charge < -0.3 is 139 Å². The Morgan fingerprint density at radius 1 is 0.407 bits per heavy atom. The van der Waals surface area contributed by atoms with E-state index in [2.05, 4.69) is 118 Å². The highest BCUT2D eigenvalue weighted by Crippen LogP contribution is 2.48. The summed E-state index contributed by atoms with van der Waals surface area (Å²) in [5, 5.41) is 5.97. The SMILES string of the molecule is CC[NH+](CC)CC.COCCOCCOCCOCCOCCOCCOCCOCCOCCOCCOCCOCCOCCOCCOCCOCCOCCOCCOCCOCCOCCOCCOCCOCCNC(=O)CCCCCN1c2ccc(S(=O)(=O)[O-])cc2C(C)(C)C1CC=CC=CC1=[N+](CCCCCC(=O)NCCCCCN2C(=O)C=CC2=O)c2ccc(C)cc2C1(C)C. The van der Waals surface area contributed by atoms with Crippen LogP contribution in [-0.2, 0) is 154 Å². The third-order valence-electron chi connectivity index (χ3n) is 22.9. The predicted octanol–water partition coefficient (Wildman–Crippen LogP) is 7.35. The van der Waals surface area contributed by atoms with Crippen LogP contribution in [-0.4, -0.2) is 428 Å². The molecule has 0 spiro atoms. The van der Waals surface area contributed by atoms with E-state index in [1.165, 1.54) is 65.3 Å². The van der Waals surface area contributed by atoms with E-state index in [4.69, 9.17) is 114 Å². The molecule has 0 aromatic heterocycles. The van der Waals surface area contributed by atoms with E-state index in [1.54, 1.807) is 24.1 Å². The number of aryl methyl sites for hydroxylation is 1. The number of unbranched alkanes of at least 4 members (excludes halogenated alkanes) is 6. The minimum atomic E-state index is -4.67. The number of nitrogens with zero attached hydrogens (tertiary/aromatic N) is 3. The summed E-state index contributed by atoms with van der Waals surface area (Å²) in [6, 6.07) is 11.3. The maximum absolute atomic E-state index is 12.8. The Hall–Kier alpha value is -5.88. The quantitative estimate of drug-likeness (QED) is 0.0191. The Kier molecular flexibility index (Phi) is 77.0. The Morgan fingerprint density at radius 3 is 1.09 bits per heavy atom. The second-order valence-corrected chi connectivity index (χ2v) is 35.6. The largest absolute Gasteiger partial charge is 0.744 e. The number of carbonyl (C=O) groups is 4. The zero-order valence-corrected chi connectivity index (χ0v) is 87.1. The fraction of sp³-hybridized carbons (Fsp3) is 0.775. The van der Waals surface area contributed by atoms with Gasteiger partial charge in [-0.05, 0) is 123 Å². The molecule has 3 aliphatic heterocycles. The van der Waals surface area contributed by atoms with Gasteiger partial charge in [0, 0.05) is 99.6 Å². The molecule has 3 aliphatic rings. The van der Waals surface area contributed by atoms with Gasteiger partial charge in [-0.15, -0.1) is 0 Å². The number of nitrogens with one attached hydrogen (secondary N) is 3. The minimum Gasteiger partial charge on any atom is -0.744 e. The number of quaternary nitrogens is 1. The van der Waals surface area contributed by atoms with Gasteiger partial charge in [-0.3, -0.25) is 24.1 Å². The number of rotatable bonds is 98. The van der Waals surface area contributed by atoms with Crippen molar-refractivity contribution in [2.75, 3.05) is 375 Å². The average Bonchev–Trinajstić information content (AvgIpc) is 1.61. The monoisotopic (exact) mass is 2010 g/mol. The van der Waals surface area contributed by atoms with E-state index in [9.17, 15) is 32.1 Å². The molecule has 1 atom stereocenters. The Morgan fingerprint density at radius 2 is 0.743 bits per heavy atom. The Balaban J connectivity index is 0.00000561. The van der Waals surface area contributed by atoms with Crippen LogP contribution in [0.3, 0.4) is 0 Å². The number of amides is 4. The van der Waals surface area contributed by atoms with E-state index < -0.39 is 15.5 Å². The Bertz CT molecular complexity index is 3650. The molecule has 3 heterocycles. The smallest absolute Gasteiger partial charge is 0.253 e. The summed E-state index contributed by atoms with van der Waals surface area (Å²) in [5.41, 5.74) is 5.84. The van der Waals surface area contributed by atoms with Crippen LogP contribution in [0.25, 0.3) is 0 Å². The van der Waals surface area contributed by atoms with Crippen LogP contribution in [0.5, 0.6) is 0 Å². The first kappa shape index (κ1) is 126. The van der Waals surface area contributed by atoms with E-state index in [0.29, 0.717) is 369 Å². The third-order valence-corrected chi connectivity index (χ3v) is 23.8. The van der Waals surface area contributed by atoms with Crippen molar-refractivity contribution in [2.45, 2.75) is 154 Å². The molecule has 0 saturated heterocycles. The number of fused-ring (bicyclic) bond motifs is 2. The predicted molar refractivity (Wildman–Crippen MR) is 531 cm³/mol. The van der Waals surface area contributed by atoms with Gasteiger partial charge in [0.1, 0.15) is 16.7 Å². The molecule has 0 fully saturated rings. The molecule has 140 heavy (non-hydrogen) atoms. The number of methoxy groups -OCH3 is 1. The van der Waals surface area contributed by atoms with Crippen molar-refractivity contribution in [3.05, 3.63) is 89.5 Å². The summed E-state index contributed by atoms with van der Waals surface area (Å²) < 4.78 is 171. The molecule has 37 nitrogen and oxygen atoms in total. The van der Waals surface area contributed by atoms with Gasteiger partial charge in [0.25, 0.3) is 11.8 Å². The first-order valence-corrected chi connectivity index (χ1v) is 52.4. The van der Waals surface area contributed by atoms with Gasteiger partial charge in [-0.25, -0.2) is 8.42 Å². The van der Waals surface area contributed by atoms with Crippen molar-refractivity contribution in [1.29, 1.82) is 0 Å². The number of benzene rings is 2. The first-order valence-electron chi connectivity index (χ1n) is 50.9. The summed E-state index contributed by atoms with van der Waals surface area (Å²) in [6.07, 6.45) is 19.8. The topological polar surface area (TPSA) is 385 Å². The molecule has 806 valence electrons. The Labute approximate surface area is 836 Å². The van der Waals surface area contributed by atoms with Crippen LogP contribution in [0.2, 0.25) is 0 Å². The van der Waals surface area contributed by atoms with Gasteiger partial charge in [0.2, 0.25) is 17.5 Å². The zero-order valence-electron chi connectivity index (χ0n) is 86.3. The molecule has 4 amide bonds. The molecule has 3 N–H and O–H groups in total. The van der Waals surface area contributed by atoms with E-state index in [1.807, 2.05) is 0 Å². The molecule has 2 aromatic carbocycles. The lowest BCUT2D eigenvalue weighted by Gasteiger charge is -2.34. The summed E-state index contributed by atoms with van der Waals surface area (Å²) in [7, 11) is -3.03. The number of carbonyl (C=O) groups excluding carboxylic acids is 4. The molecule has 5 rings (SSSR count). The number of allylic oxidation sites excluding steroid dienone is 3. The number of hydrogen-bond acceptors (Lipinski definition) is 32. The fourth-order valence-electron chi connectivity index (χ4n) is 15.0. The maximum atomic E-state index is 12.8. The van der Waals surface area contributed by atoms with Crippen molar-refractivity contribution in [1.82, 2.24) is 15.5 Å². The summed E-state index contributed by atoms with van der Waals surface area (Å²) >= 11 is 0. The summed E-state index contributed by atoms with van der Waals surface area (Å²) in [6.45, 7) is 46.3. The zero-order chi connectivity index (χ0) is 101. The molecule has 1 unspecified atom stereocenters. The van der Waals surface area contributed by atoms with Gasteiger partial charge in [0.05, 0.1) is 340 Å². The van der Waals surface area contributed by atoms with Gasteiger partial charge >= 0.3 is 0 Å². The maximum Gasteiger partial charge on any atom is 0.253 e. The molecule has 2 aromatic rings. The second kappa shape index (κ2) is 85.2. The lowest BCUT2D eigenvalue weighted by Crippen LogP contribution is -3.11. The summed E-state index contributed by atoms with van der Waals surface area (Å²) in [4.78, 5) is 54.1. The van der Waals surface area contributed by atoms with Crippen molar-refractivity contribution < 1.29 is 155 Å². The number of ether oxygens (including phenoxy) is 24. The van der Waals surface area contributed by atoms with Crippen LogP contribution in [0.15, 0.2) is 77.7 Å². The number of hydrogen-bond donors (Lipinski definition) is 3. The van der Waals surface area contributed by atoms with Gasteiger partial charge in [-0.2, -0.15) is 4.58 Å². The van der Waals surface area contributed by atoms with Crippen molar-refractivity contribution in [3.63, 3.8) is 0 Å². The number of imide groups is 1. The fourth-order valence-corrected chi connectivity index (χ4v) is 15.5. The molecule has 0 saturated carbocycles. The highest BCUT2D eigenvalue weighted by atomic mass is 32.2.